The van der Waals surface area contributed by atoms with Crippen LogP contribution in [-0.4, -0.2) is 52.7 Å². The quantitative estimate of drug-likeness (QED) is 0.204. The fourth-order valence-electron chi connectivity index (χ4n) is 3.06. The molecule has 0 saturated carbocycles. The second-order valence-electron chi connectivity index (χ2n) is 10.2. The third kappa shape index (κ3) is 16.6. The molecule has 0 aliphatic heterocycles. The van der Waals surface area contributed by atoms with Crippen LogP contribution in [0.2, 0.25) is 0 Å². The lowest BCUT2D eigenvalue weighted by molar-refractivity contribution is -0.115. The number of nitrogens with zero attached hydrogens (tertiary/aromatic N) is 2. The minimum Gasteiger partial charge on any atom is -0.443 e. The van der Waals surface area contributed by atoms with Gasteiger partial charge in [-0.25, -0.2) is 14.5 Å². The molecule has 32 heavy (non-hydrogen) atoms. The van der Waals surface area contributed by atoms with Crippen molar-refractivity contribution in [2.45, 2.75) is 117 Å². The molecule has 0 N–H and O–H groups in total. The number of hydrogen-bond donors (Lipinski definition) is 0. The van der Waals surface area contributed by atoms with Crippen LogP contribution in [0.5, 0.6) is 0 Å². The molecule has 3 amide bonds. The number of hydrogen-bond acceptors (Lipinski definition) is 5. The van der Waals surface area contributed by atoms with Crippen LogP contribution >= 0.6 is 0 Å². The molecule has 7 nitrogen and oxygen atoms in total. The fraction of sp³-hybridized carbons (Fsp3) is 0.800. The maximum atomic E-state index is 12.4. The highest BCUT2D eigenvalue weighted by Gasteiger charge is 2.30. The van der Waals surface area contributed by atoms with E-state index in [0.29, 0.717) is 6.54 Å². The Hall–Kier alpha value is -2.05. The topological polar surface area (TPSA) is 76.2 Å². The average Bonchev–Trinajstić information content (AvgIpc) is 2.65. The Balaban J connectivity index is 4.07. The predicted octanol–water partition coefficient (Wildman–Crippen LogP) is 6.66. The van der Waals surface area contributed by atoms with Crippen LogP contribution in [0.15, 0.2) is 12.8 Å². The van der Waals surface area contributed by atoms with Gasteiger partial charge in [0.2, 0.25) is 6.41 Å². The molecular weight excluding hydrogens is 408 g/mol. The second-order valence-corrected chi connectivity index (χ2v) is 10.2. The monoisotopic (exact) mass is 454 g/mol. The smallest absolute Gasteiger partial charge is 0.419 e. The Morgan fingerprint density at radius 2 is 1.03 bits per heavy atom. The summed E-state index contributed by atoms with van der Waals surface area (Å²) in [7, 11) is 0. The zero-order chi connectivity index (χ0) is 24.6. The SMILES string of the molecule is C=CN(C=O)CCCCCCCCCCCCN(C(=O)OC(C)(C)C)C(=O)OC(C)(C)C. The molecule has 0 spiro atoms. The summed E-state index contributed by atoms with van der Waals surface area (Å²) in [5, 5.41) is 0. The molecule has 0 heterocycles. The van der Waals surface area contributed by atoms with E-state index in [4.69, 9.17) is 9.47 Å². The summed E-state index contributed by atoms with van der Waals surface area (Å²) in [6.45, 7) is 15.3. The number of ether oxygens (including phenoxy) is 2. The van der Waals surface area contributed by atoms with E-state index >= 15 is 0 Å². The molecule has 0 atom stereocenters. The Morgan fingerprint density at radius 1 is 0.688 bits per heavy atom. The van der Waals surface area contributed by atoms with Gasteiger partial charge in [-0.15, -0.1) is 0 Å². The van der Waals surface area contributed by atoms with Gasteiger partial charge >= 0.3 is 12.2 Å². The highest BCUT2D eigenvalue weighted by atomic mass is 16.6. The molecule has 0 aromatic heterocycles. The highest BCUT2D eigenvalue weighted by molar-refractivity contribution is 5.88. The van der Waals surface area contributed by atoms with Gasteiger partial charge in [-0.2, -0.15) is 0 Å². The van der Waals surface area contributed by atoms with E-state index in [1.807, 2.05) is 0 Å². The van der Waals surface area contributed by atoms with Gasteiger partial charge in [0, 0.05) is 13.1 Å². The molecular formula is C25H46N2O5. The lowest BCUT2D eigenvalue weighted by Gasteiger charge is -2.28. The Morgan fingerprint density at radius 3 is 1.34 bits per heavy atom. The van der Waals surface area contributed by atoms with Gasteiger partial charge in [-0.05, 0) is 60.6 Å². The minimum absolute atomic E-state index is 0.298. The van der Waals surface area contributed by atoms with Crippen molar-refractivity contribution < 1.29 is 23.9 Å². The number of unbranched alkanes of at least 4 members (excludes halogenated alkanes) is 9. The van der Waals surface area contributed by atoms with Crippen LogP contribution in [0.25, 0.3) is 0 Å². The van der Waals surface area contributed by atoms with Crippen LogP contribution in [-0.2, 0) is 14.3 Å². The van der Waals surface area contributed by atoms with Gasteiger partial charge < -0.3 is 14.4 Å². The maximum absolute atomic E-state index is 12.4. The summed E-state index contributed by atoms with van der Waals surface area (Å²) in [6.07, 6.45) is 11.9. The molecule has 0 aliphatic rings. The van der Waals surface area contributed by atoms with Gasteiger partial charge in [0.15, 0.2) is 0 Å². The minimum atomic E-state index is -0.670. The molecule has 0 aliphatic carbocycles. The van der Waals surface area contributed by atoms with E-state index in [1.54, 1.807) is 52.6 Å². The van der Waals surface area contributed by atoms with Gasteiger partial charge in [0.1, 0.15) is 11.2 Å². The van der Waals surface area contributed by atoms with Gasteiger partial charge in [0.25, 0.3) is 0 Å². The average molecular weight is 455 g/mol. The third-order valence-corrected chi connectivity index (χ3v) is 4.65. The molecule has 0 bridgehead atoms. The lowest BCUT2D eigenvalue weighted by atomic mass is 10.1. The molecule has 0 radical (unpaired) electrons. The molecule has 7 heteroatoms. The van der Waals surface area contributed by atoms with E-state index in [9.17, 15) is 14.4 Å². The normalized spacial score (nSPS) is 11.6. The highest BCUT2D eigenvalue weighted by Crippen LogP contribution is 2.16. The number of imide groups is 1. The summed E-state index contributed by atoms with van der Waals surface area (Å²) in [4.78, 5) is 38.2. The van der Waals surface area contributed by atoms with E-state index in [2.05, 4.69) is 6.58 Å². The van der Waals surface area contributed by atoms with Gasteiger partial charge in [-0.3, -0.25) is 4.79 Å². The fourth-order valence-corrected chi connectivity index (χ4v) is 3.06. The first-order valence-corrected chi connectivity index (χ1v) is 12.0. The summed E-state index contributed by atoms with van der Waals surface area (Å²) in [6, 6.07) is 0. The number of carbonyl (C=O) groups is 3. The van der Waals surface area contributed by atoms with Crippen molar-refractivity contribution >= 4 is 18.6 Å². The zero-order valence-electron chi connectivity index (χ0n) is 21.3. The van der Waals surface area contributed by atoms with E-state index in [-0.39, 0.29) is 0 Å². The van der Waals surface area contributed by atoms with E-state index in [1.165, 1.54) is 25.7 Å². The van der Waals surface area contributed by atoms with E-state index < -0.39 is 23.4 Å². The van der Waals surface area contributed by atoms with Crippen molar-refractivity contribution in [1.82, 2.24) is 9.80 Å². The zero-order valence-corrected chi connectivity index (χ0v) is 21.3. The first-order chi connectivity index (χ1) is 14.9. The number of carbonyl (C=O) groups excluding carboxylic acids is 3. The van der Waals surface area contributed by atoms with Gasteiger partial charge in [-0.1, -0.05) is 57.9 Å². The van der Waals surface area contributed by atoms with Crippen molar-refractivity contribution in [3.8, 4) is 0 Å². The molecule has 0 aromatic carbocycles. The molecule has 0 fully saturated rings. The largest absolute Gasteiger partial charge is 0.443 e. The van der Waals surface area contributed by atoms with E-state index in [0.717, 1.165) is 56.4 Å². The summed E-state index contributed by atoms with van der Waals surface area (Å²) >= 11 is 0. The van der Waals surface area contributed by atoms with Crippen LogP contribution < -0.4 is 0 Å². The van der Waals surface area contributed by atoms with Crippen molar-refractivity contribution in [1.29, 1.82) is 0 Å². The van der Waals surface area contributed by atoms with Crippen LogP contribution in [0.3, 0.4) is 0 Å². The third-order valence-electron chi connectivity index (χ3n) is 4.65. The second kappa shape index (κ2) is 15.7. The molecule has 0 saturated heterocycles. The van der Waals surface area contributed by atoms with Crippen LogP contribution in [0.4, 0.5) is 9.59 Å². The first-order valence-electron chi connectivity index (χ1n) is 12.0. The van der Waals surface area contributed by atoms with Crippen molar-refractivity contribution in [3.63, 3.8) is 0 Å². The number of amides is 3. The molecule has 0 rings (SSSR count). The standard InChI is InChI=1S/C25H46N2O5/c1-8-26(21-28)19-17-15-13-11-9-10-12-14-16-18-20-27(22(29)31-24(2,3)4)23(30)32-25(5,6)7/h8,21H,1,9-20H2,2-7H3. The predicted molar refractivity (Wildman–Crippen MR) is 128 cm³/mol. The van der Waals surface area contributed by atoms with Crippen molar-refractivity contribution in [2.24, 2.45) is 0 Å². The van der Waals surface area contributed by atoms with Crippen molar-refractivity contribution in [2.75, 3.05) is 13.1 Å². The van der Waals surface area contributed by atoms with Crippen LogP contribution in [0, 0.1) is 0 Å². The first kappa shape index (κ1) is 29.9. The summed E-state index contributed by atoms with van der Waals surface area (Å²) < 4.78 is 10.7. The Kier molecular flexibility index (Phi) is 14.7. The summed E-state index contributed by atoms with van der Waals surface area (Å²) in [5.74, 6) is 0. The van der Waals surface area contributed by atoms with Gasteiger partial charge in [0.05, 0.1) is 0 Å². The van der Waals surface area contributed by atoms with Crippen molar-refractivity contribution in [3.05, 3.63) is 12.8 Å². The lowest BCUT2D eigenvalue weighted by Crippen LogP contribution is -2.44. The summed E-state index contributed by atoms with van der Waals surface area (Å²) in [5.41, 5.74) is -1.34. The number of rotatable bonds is 15. The molecule has 0 aromatic rings. The molecule has 0 unspecified atom stereocenters. The maximum Gasteiger partial charge on any atom is 0.419 e. The molecule has 186 valence electrons. The van der Waals surface area contributed by atoms with Crippen LogP contribution in [0.1, 0.15) is 106 Å². The Labute approximate surface area is 195 Å². The Bertz CT molecular complexity index is 528.